The number of amides is 1. The summed E-state index contributed by atoms with van der Waals surface area (Å²) in [6, 6.07) is -0.835. The van der Waals surface area contributed by atoms with Gasteiger partial charge in [-0.3, -0.25) is 9.59 Å². The molecule has 0 saturated carbocycles. The maximum Gasteiger partial charge on any atom is 0.305 e. The largest absolute Gasteiger partial charge is 0.466 e. The highest BCUT2D eigenvalue weighted by Crippen LogP contribution is 2.23. The van der Waals surface area contributed by atoms with Crippen molar-refractivity contribution in [1.29, 1.82) is 0 Å². The molecule has 1 amide bonds. The Bertz CT molecular complexity index is 1710. The van der Waals surface area contributed by atoms with Crippen molar-refractivity contribution in [2.75, 3.05) is 19.8 Å². The highest BCUT2D eigenvalue weighted by Gasteiger charge is 2.44. The lowest BCUT2D eigenvalue weighted by Crippen LogP contribution is -2.60. The van der Waals surface area contributed by atoms with Gasteiger partial charge in [-0.25, -0.2) is 0 Å². The van der Waals surface area contributed by atoms with Crippen LogP contribution >= 0.6 is 0 Å². The van der Waals surface area contributed by atoms with Crippen LogP contribution in [0.2, 0.25) is 0 Å². The molecule has 7 unspecified atom stereocenters. The predicted molar refractivity (Wildman–Crippen MR) is 361 cm³/mol. The number of aliphatic hydroxyl groups is 5. The molecule has 0 bridgehead atoms. The van der Waals surface area contributed by atoms with Crippen molar-refractivity contribution < 1.29 is 49.3 Å². The molecular weight excluding hydrogens is 1070 g/mol. The van der Waals surface area contributed by atoms with Crippen LogP contribution in [0.4, 0.5) is 0 Å². The van der Waals surface area contributed by atoms with Gasteiger partial charge in [0.15, 0.2) is 6.29 Å². The van der Waals surface area contributed by atoms with Gasteiger partial charge in [0.05, 0.1) is 32.0 Å². The summed E-state index contributed by atoms with van der Waals surface area (Å²) in [6.07, 6.45) is 77.4. The molecule has 1 aliphatic heterocycles. The van der Waals surface area contributed by atoms with Gasteiger partial charge in [-0.1, -0.05) is 272 Å². The Labute approximate surface area is 527 Å². The van der Waals surface area contributed by atoms with E-state index in [1.807, 2.05) is 6.08 Å². The topological polar surface area (TPSA) is 175 Å². The summed E-state index contributed by atoms with van der Waals surface area (Å²) >= 11 is 0. The number of allylic oxidation sites excluding steroid dienone is 13. The van der Waals surface area contributed by atoms with Crippen molar-refractivity contribution >= 4 is 11.9 Å². The van der Waals surface area contributed by atoms with Gasteiger partial charge in [0.25, 0.3) is 0 Å². The first-order chi connectivity index (χ1) is 42.2. The number of hydrogen-bond acceptors (Lipinski definition) is 10. The summed E-state index contributed by atoms with van der Waals surface area (Å²) in [6.45, 7) is 4.18. The summed E-state index contributed by atoms with van der Waals surface area (Å²) in [4.78, 5) is 25.1. The summed E-state index contributed by atoms with van der Waals surface area (Å²) in [5, 5.41) is 54.3. The van der Waals surface area contributed by atoms with Crippen LogP contribution in [0.15, 0.2) is 85.1 Å². The van der Waals surface area contributed by atoms with Gasteiger partial charge in [0.2, 0.25) is 5.91 Å². The number of nitrogens with one attached hydrogen (secondary N) is 1. The molecule has 1 aliphatic rings. The van der Waals surface area contributed by atoms with Gasteiger partial charge in [-0.05, 0) is 116 Å². The minimum Gasteiger partial charge on any atom is -0.466 e. The average Bonchev–Trinajstić information content (AvgIpc) is 3.41. The van der Waals surface area contributed by atoms with Gasteiger partial charge in [0, 0.05) is 12.8 Å². The van der Waals surface area contributed by atoms with E-state index >= 15 is 0 Å². The first-order valence-electron chi connectivity index (χ1n) is 35.9. The minimum atomic E-state index is -1.58. The van der Waals surface area contributed by atoms with E-state index in [4.69, 9.17) is 14.2 Å². The molecule has 0 radical (unpaired) electrons. The predicted octanol–water partition coefficient (Wildman–Crippen LogP) is 18.5. The Balaban J connectivity index is 1.93. The normalized spacial score (nSPS) is 18.4. The Morgan fingerprint density at radius 3 is 1.27 bits per heavy atom. The zero-order valence-corrected chi connectivity index (χ0v) is 55.3. The molecule has 11 heteroatoms. The third-order valence-corrected chi connectivity index (χ3v) is 16.4. The first-order valence-corrected chi connectivity index (χ1v) is 35.9. The fraction of sp³-hybridized carbons (Fsp3) is 0.787. The molecule has 0 spiro atoms. The van der Waals surface area contributed by atoms with Crippen LogP contribution in [0, 0.1) is 0 Å². The van der Waals surface area contributed by atoms with Crippen LogP contribution in [0.25, 0.3) is 0 Å². The fourth-order valence-electron chi connectivity index (χ4n) is 10.8. The van der Waals surface area contributed by atoms with Crippen molar-refractivity contribution in [1.82, 2.24) is 5.32 Å². The van der Waals surface area contributed by atoms with Crippen LogP contribution in [-0.2, 0) is 23.8 Å². The zero-order valence-electron chi connectivity index (χ0n) is 55.3. The standard InChI is InChI=1S/C75H133NO10/c1-3-5-7-9-11-13-15-16-17-33-37-40-43-47-51-55-59-63-71(80)84-64-60-56-52-48-44-41-38-35-32-30-28-26-24-22-20-18-19-21-23-25-27-29-31-34-36-39-42-46-50-54-58-62-70(79)76-67(66-85-75-74(83)73(82)72(81)69(65-77)86-75)68(78)61-57-53-49-45-14-12-10-8-6-4-2/h6,8,11,13-14,16-17,20,22,26,28,45,57,61,67-69,72-75,77-78,81-83H,3-5,7,9-10,12,15,18-19,21,23-25,27,29-44,46-56,58-60,62-66H2,1-2H3,(H,76,79)/b8-6+,13-11-,17-16-,22-20-,28-26-,45-14+,61-57+. The molecule has 1 fully saturated rings. The second-order valence-electron chi connectivity index (χ2n) is 24.5. The Kier molecular flexibility index (Phi) is 59.6. The molecule has 0 aromatic heterocycles. The molecule has 11 nitrogen and oxygen atoms in total. The average molecular weight is 1210 g/mol. The van der Waals surface area contributed by atoms with Crippen LogP contribution in [-0.4, -0.2) is 100 Å². The van der Waals surface area contributed by atoms with E-state index in [-0.39, 0.29) is 18.5 Å². The molecule has 1 saturated heterocycles. The molecule has 498 valence electrons. The quantitative estimate of drug-likeness (QED) is 0.0195. The second kappa shape index (κ2) is 63.4. The van der Waals surface area contributed by atoms with Crippen molar-refractivity contribution in [2.45, 2.75) is 358 Å². The molecule has 7 atom stereocenters. The monoisotopic (exact) mass is 1210 g/mol. The number of hydrogen-bond donors (Lipinski definition) is 6. The van der Waals surface area contributed by atoms with Crippen LogP contribution < -0.4 is 5.32 Å². The van der Waals surface area contributed by atoms with E-state index in [9.17, 15) is 35.1 Å². The lowest BCUT2D eigenvalue weighted by molar-refractivity contribution is -0.302. The highest BCUT2D eigenvalue weighted by molar-refractivity contribution is 5.76. The summed E-state index contributed by atoms with van der Waals surface area (Å²) in [5.74, 6) is -0.202. The summed E-state index contributed by atoms with van der Waals surface area (Å²) < 4.78 is 16.7. The summed E-state index contributed by atoms with van der Waals surface area (Å²) in [7, 11) is 0. The van der Waals surface area contributed by atoms with Gasteiger partial charge < -0.3 is 45.1 Å². The van der Waals surface area contributed by atoms with Gasteiger partial charge in [-0.15, -0.1) is 0 Å². The SMILES string of the molecule is CC/C=C/CC/C=C/CC/C=C/C(O)C(COC1OC(CO)C(O)C(O)C1O)NC(=O)CCCCCCCCCCCCCCCCC/C=C\C/C=C\CCCCCCCCCCCOC(=O)CCCCCCCCC/C=C\C/C=C\CCCCC. The second-order valence-corrected chi connectivity index (χ2v) is 24.5. The molecule has 0 aromatic carbocycles. The lowest BCUT2D eigenvalue weighted by atomic mass is 9.99. The van der Waals surface area contributed by atoms with Gasteiger partial charge in [-0.2, -0.15) is 0 Å². The van der Waals surface area contributed by atoms with Crippen molar-refractivity contribution in [2.24, 2.45) is 0 Å². The van der Waals surface area contributed by atoms with E-state index in [1.54, 1.807) is 6.08 Å². The molecule has 1 heterocycles. The number of rotatable bonds is 62. The highest BCUT2D eigenvalue weighted by atomic mass is 16.7. The minimum absolute atomic E-state index is 0.00363. The van der Waals surface area contributed by atoms with Gasteiger partial charge >= 0.3 is 5.97 Å². The van der Waals surface area contributed by atoms with E-state index in [1.165, 1.54) is 205 Å². The molecule has 6 N–H and O–H groups in total. The van der Waals surface area contributed by atoms with E-state index in [2.05, 4.69) is 92.1 Å². The molecule has 86 heavy (non-hydrogen) atoms. The Morgan fingerprint density at radius 1 is 0.442 bits per heavy atom. The van der Waals surface area contributed by atoms with Crippen LogP contribution in [0.3, 0.4) is 0 Å². The van der Waals surface area contributed by atoms with Crippen LogP contribution in [0.5, 0.6) is 0 Å². The maximum atomic E-state index is 13.0. The lowest BCUT2D eigenvalue weighted by Gasteiger charge is -2.40. The Hall–Kier alpha value is -3.16. The van der Waals surface area contributed by atoms with Crippen molar-refractivity contribution in [3.05, 3.63) is 85.1 Å². The number of aliphatic hydroxyl groups excluding tert-OH is 5. The Morgan fingerprint density at radius 2 is 0.826 bits per heavy atom. The third kappa shape index (κ3) is 51.7. The van der Waals surface area contributed by atoms with E-state index in [0.717, 1.165) is 83.5 Å². The van der Waals surface area contributed by atoms with E-state index in [0.29, 0.717) is 19.4 Å². The fourth-order valence-corrected chi connectivity index (χ4v) is 10.8. The molecule has 0 aromatic rings. The maximum absolute atomic E-state index is 13.0. The molecular formula is C75H133NO10. The number of unbranched alkanes of at least 4 members (excludes halogenated alkanes) is 36. The molecule has 1 rings (SSSR count). The van der Waals surface area contributed by atoms with Gasteiger partial charge in [0.1, 0.15) is 24.4 Å². The van der Waals surface area contributed by atoms with Crippen molar-refractivity contribution in [3.8, 4) is 0 Å². The van der Waals surface area contributed by atoms with Crippen molar-refractivity contribution in [3.63, 3.8) is 0 Å². The smallest absolute Gasteiger partial charge is 0.305 e. The number of carbonyl (C=O) groups excluding carboxylic acids is 2. The summed E-state index contributed by atoms with van der Waals surface area (Å²) in [5.41, 5.74) is 0. The third-order valence-electron chi connectivity index (χ3n) is 16.4. The first kappa shape index (κ1) is 80.9. The van der Waals surface area contributed by atoms with E-state index < -0.39 is 49.5 Å². The van der Waals surface area contributed by atoms with Crippen LogP contribution in [0.1, 0.15) is 316 Å². The zero-order chi connectivity index (χ0) is 62.3. The number of ether oxygens (including phenoxy) is 3. The number of esters is 1. The number of carbonyl (C=O) groups is 2. The molecule has 0 aliphatic carbocycles.